The molecule has 1 aromatic rings. The molecule has 2 heterocycles. The van der Waals surface area contributed by atoms with Gasteiger partial charge in [0.25, 0.3) is 11.6 Å². The lowest BCUT2D eigenvalue weighted by atomic mass is 10.0. The van der Waals surface area contributed by atoms with Crippen LogP contribution < -0.4 is 5.73 Å². The number of hydrogen-bond acceptors (Lipinski definition) is 5. The van der Waals surface area contributed by atoms with Crippen molar-refractivity contribution in [1.29, 1.82) is 0 Å². The van der Waals surface area contributed by atoms with E-state index in [-0.39, 0.29) is 23.0 Å². The second-order valence-electron chi connectivity index (χ2n) is 5.05. The van der Waals surface area contributed by atoms with Crippen LogP contribution in [0.4, 0.5) is 11.5 Å². The molecule has 2 rings (SSSR count). The standard InChI is InChI=1S/C12H16N4O3/c1-7-5-15(6-8(7)2)12(17)10-3-9(16(18)19)4-14-11(10)13/h3-4,7-8H,5-6H2,1-2H3,(H2,13,14). The minimum atomic E-state index is -0.585. The Labute approximate surface area is 110 Å². The fourth-order valence-corrected chi connectivity index (χ4v) is 2.20. The third kappa shape index (κ3) is 2.49. The van der Waals surface area contributed by atoms with Gasteiger partial charge in [-0.3, -0.25) is 14.9 Å². The monoisotopic (exact) mass is 264 g/mol. The van der Waals surface area contributed by atoms with Crippen LogP contribution in [0.25, 0.3) is 0 Å². The van der Waals surface area contributed by atoms with Crippen molar-refractivity contribution < 1.29 is 9.72 Å². The summed E-state index contributed by atoms with van der Waals surface area (Å²) < 4.78 is 0. The first kappa shape index (κ1) is 13.3. The van der Waals surface area contributed by atoms with Crippen molar-refractivity contribution in [2.24, 2.45) is 11.8 Å². The second-order valence-corrected chi connectivity index (χ2v) is 5.05. The van der Waals surface area contributed by atoms with Crippen molar-refractivity contribution in [3.05, 3.63) is 27.9 Å². The molecular formula is C12H16N4O3. The molecule has 2 atom stereocenters. The largest absolute Gasteiger partial charge is 0.383 e. The van der Waals surface area contributed by atoms with Crippen LogP contribution in [-0.4, -0.2) is 33.8 Å². The highest BCUT2D eigenvalue weighted by Gasteiger charge is 2.31. The molecule has 1 amide bonds. The zero-order chi connectivity index (χ0) is 14.2. The van der Waals surface area contributed by atoms with Gasteiger partial charge >= 0.3 is 0 Å². The number of nitrogens with zero attached hydrogens (tertiary/aromatic N) is 3. The number of anilines is 1. The Kier molecular flexibility index (Phi) is 3.37. The molecule has 0 aliphatic carbocycles. The fourth-order valence-electron chi connectivity index (χ4n) is 2.20. The first-order valence-corrected chi connectivity index (χ1v) is 6.09. The highest BCUT2D eigenvalue weighted by Crippen LogP contribution is 2.26. The van der Waals surface area contributed by atoms with Crippen molar-refractivity contribution in [3.63, 3.8) is 0 Å². The number of pyridine rings is 1. The summed E-state index contributed by atoms with van der Waals surface area (Å²) in [6.07, 6.45) is 1.06. The normalized spacial score (nSPS) is 22.5. The number of likely N-dealkylation sites (tertiary alicyclic amines) is 1. The van der Waals surface area contributed by atoms with Crippen LogP contribution in [0, 0.1) is 22.0 Å². The number of carbonyl (C=O) groups is 1. The maximum absolute atomic E-state index is 12.3. The maximum Gasteiger partial charge on any atom is 0.288 e. The van der Waals surface area contributed by atoms with Crippen molar-refractivity contribution in [1.82, 2.24) is 9.88 Å². The van der Waals surface area contributed by atoms with Gasteiger partial charge in [-0.05, 0) is 11.8 Å². The van der Waals surface area contributed by atoms with E-state index < -0.39 is 4.92 Å². The number of nitrogens with two attached hydrogens (primary N) is 1. The number of rotatable bonds is 2. The van der Waals surface area contributed by atoms with Gasteiger partial charge in [-0.25, -0.2) is 4.98 Å². The van der Waals surface area contributed by atoms with E-state index in [0.717, 1.165) is 6.20 Å². The zero-order valence-electron chi connectivity index (χ0n) is 10.9. The van der Waals surface area contributed by atoms with Gasteiger partial charge in [-0.1, -0.05) is 13.8 Å². The van der Waals surface area contributed by atoms with Crippen LogP contribution in [0.1, 0.15) is 24.2 Å². The molecule has 102 valence electrons. The minimum absolute atomic E-state index is 0.0304. The average molecular weight is 264 g/mol. The van der Waals surface area contributed by atoms with Crippen molar-refractivity contribution in [3.8, 4) is 0 Å². The van der Waals surface area contributed by atoms with Gasteiger partial charge < -0.3 is 10.6 Å². The molecule has 7 heteroatoms. The van der Waals surface area contributed by atoms with Crippen molar-refractivity contribution >= 4 is 17.4 Å². The Bertz CT molecular complexity index is 522. The van der Waals surface area contributed by atoms with Crippen LogP contribution in [-0.2, 0) is 0 Å². The van der Waals surface area contributed by atoms with Crippen LogP contribution in [0.3, 0.4) is 0 Å². The summed E-state index contributed by atoms with van der Waals surface area (Å²) in [7, 11) is 0. The Morgan fingerprint density at radius 1 is 1.47 bits per heavy atom. The molecule has 0 saturated carbocycles. The van der Waals surface area contributed by atoms with Gasteiger partial charge in [0.1, 0.15) is 12.0 Å². The summed E-state index contributed by atoms with van der Waals surface area (Å²) in [5.74, 6) is 0.571. The Hall–Kier alpha value is -2.18. The zero-order valence-corrected chi connectivity index (χ0v) is 10.9. The maximum atomic E-state index is 12.3. The van der Waals surface area contributed by atoms with Crippen LogP contribution in [0.5, 0.6) is 0 Å². The van der Waals surface area contributed by atoms with E-state index in [1.165, 1.54) is 6.07 Å². The van der Waals surface area contributed by atoms with E-state index in [0.29, 0.717) is 24.9 Å². The van der Waals surface area contributed by atoms with E-state index >= 15 is 0 Å². The molecule has 19 heavy (non-hydrogen) atoms. The summed E-state index contributed by atoms with van der Waals surface area (Å²) in [4.78, 5) is 27.8. The summed E-state index contributed by atoms with van der Waals surface area (Å²) >= 11 is 0. The van der Waals surface area contributed by atoms with Gasteiger partial charge in [0.2, 0.25) is 0 Å². The number of hydrogen-bond donors (Lipinski definition) is 1. The average Bonchev–Trinajstić information content (AvgIpc) is 2.69. The summed E-state index contributed by atoms with van der Waals surface area (Å²) in [6, 6.07) is 1.19. The first-order valence-electron chi connectivity index (χ1n) is 6.09. The SMILES string of the molecule is CC1CN(C(=O)c2cc([N+](=O)[O-])cnc2N)CC1C. The number of nitrogen functional groups attached to an aromatic ring is 1. The number of amides is 1. The van der Waals surface area contributed by atoms with Gasteiger partial charge in [-0.2, -0.15) is 0 Å². The lowest BCUT2D eigenvalue weighted by molar-refractivity contribution is -0.385. The smallest absolute Gasteiger partial charge is 0.288 e. The minimum Gasteiger partial charge on any atom is -0.383 e. The quantitative estimate of drug-likeness (QED) is 0.640. The highest BCUT2D eigenvalue weighted by atomic mass is 16.6. The lowest BCUT2D eigenvalue weighted by Gasteiger charge is -2.16. The first-order chi connectivity index (χ1) is 8.90. The van der Waals surface area contributed by atoms with Gasteiger partial charge in [0, 0.05) is 19.2 Å². The van der Waals surface area contributed by atoms with E-state index in [9.17, 15) is 14.9 Å². The third-order valence-electron chi connectivity index (χ3n) is 3.62. The number of aromatic nitrogens is 1. The molecule has 0 bridgehead atoms. The Morgan fingerprint density at radius 3 is 2.58 bits per heavy atom. The summed E-state index contributed by atoms with van der Waals surface area (Å²) in [6.45, 7) is 5.43. The third-order valence-corrected chi connectivity index (χ3v) is 3.62. The topological polar surface area (TPSA) is 102 Å². The second kappa shape index (κ2) is 4.83. The molecule has 1 aliphatic rings. The van der Waals surface area contributed by atoms with E-state index in [1.807, 2.05) is 0 Å². The van der Waals surface area contributed by atoms with Crippen molar-refractivity contribution in [2.75, 3.05) is 18.8 Å². The molecule has 2 N–H and O–H groups in total. The summed E-state index contributed by atoms with van der Waals surface area (Å²) in [5.41, 5.74) is 5.53. The molecule has 0 aromatic carbocycles. The molecule has 0 spiro atoms. The van der Waals surface area contributed by atoms with E-state index in [1.54, 1.807) is 4.90 Å². The Balaban J connectivity index is 2.29. The highest BCUT2D eigenvalue weighted by molar-refractivity contribution is 5.99. The Morgan fingerprint density at radius 2 is 2.05 bits per heavy atom. The van der Waals surface area contributed by atoms with Crippen LogP contribution in [0.15, 0.2) is 12.3 Å². The van der Waals surface area contributed by atoms with E-state index in [2.05, 4.69) is 18.8 Å². The van der Waals surface area contributed by atoms with Gasteiger partial charge in [0.05, 0.1) is 10.5 Å². The predicted molar refractivity (Wildman–Crippen MR) is 69.5 cm³/mol. The number of nitro groups is 1. The lowest BCUT2D eigenvalue weighted by Crippen LogP contribution is -2.29. The predicted octanol–water partition coefficient (Wildman–Crippen LogP) is 1.30. The van der Waals surface area contributed by atoms with Crippen molar-refractivity contribution in [2.45, 2.75) is 13.8 Å². The molecule has 1 aliphatic heterocycles. The van der Waals surface area contributed by atoms with Gasteiger partial charge in [-0.15, -0.1) is 0 Å². The molecular weight excluding hydrogens is 248 g/mol. The molecule has 1 fully saturated rings. The molecule has 2 unspecified atom stereocenters. The van der Waals surface area contributed by atoms with Gasteiger partial charge in [0.15, 0.2) is 0 Å². The van der Waals surface area contributed by atoms with Crippen LogP contribution >= 0.6 is 0 Å². The molecule has 1 aromatic heterocycles. The fraction of sp³-hybridized carbons (Fsp3) is 0.500. The number of carbonyl (C=O) groups excluding carboxylic acids is 1. The molecule has 7 nitrogen and oxygen atoms in total. The van der Waals surface area contributed by atoms with E-state index in [4.69, 9.17) is 5.73 Å². The van der Waals surface area contributed by atoms with Crippen LogP contribution in [0.2, 0.25) is 0 Å². The summed E-state index contributed by atoms with van der Waals surface area (Å²) in [5, 5.41) is 10.7. The molecule has 0 radical (unpaired) electrons. The molecule has 1 saturated heterocycles.